The number of nitrogens with one attached hydrogen (secondary N) is 1. The Labute approximate surface area is 142 Å². The van der Waals surface area contributed by atoms with E-state index in [0.717, 1.165) is 30.3 Å². The van der Waals surface area contributed by atoms with Gasteiger partial charge in [0.25, 0.3) is 0 Å². The first-order valence-corrected chi connectivity index (χ1v) is 8.28. The topological polar surface area (TPSA) is 66.3 Å². The number of aryl methyl sites for hydroxylation is 2. The molecule has 0 bridgehead atoms. The van der Waals surface area contributed by atoms with Crippen LogP contribution in [0, 0.1) is 6.92 Å². The van der Waals surface area contributed by atoms with Crippen LogP contribution in [0.15, 0.2) is 30.7 Å². The molecule has 0 saturated carbocycles. The molecule has 1 aliphatic rings. The number of nitrogens with zero attached hydrogens (tertiary/aromatic N) is 5. The van der Waals surface area contributed by atoms with Crippen molar-refractivity contribution < 1.29 is 4.79 Å². The zero-order chi connectivity index (χ0) is 17.1. The van der Waals surface area contributed by atoms with E-state index in [4.69, 9.17) is 0 Å². The Balaban J connectivity index is 1.73. The zero-order valence-electron chi connectivity index (χ0n) is 14.4. The Morgan fingerprint density at radius 3 is 2.83 bits per heavy atom. The van der Waals surface area contributed by atoms with Crippen molar-refractivity contribution in [3.05, 3.63) is 42.2 Å². The Bertz CT molecular complexity index is 713. The molecular formula is C17H24N6O. The molecule has 1 aliphatic heterocycles. The van der Waals surface area contributed by atoms with Crippen molar-refractivity contribution >= 4 is 11.7 Å². The lowest BCUT2D eigenvalue weighted by Crippen LogP contribution is -2.52. The SMILES string of the molecule is CCN1CCN(C(=O)Nc2ccnc(C)c2)C[C@H]1c1nccn1C. The highest BCUT2D eigenvalue weighted by Crippen LogP contribution is 2.24. The number of urea groups is 1. The third kappa shape index (κ3) is 3.41. The average Bonchev–Trinajstić information content (AvgIpc) is 3.00. The third-order valence-corrected chi connectivity index (χ3v) is 4.49. The number of rotatable bonds is 3. The minimum absolute atomic E-state index is 0.0736. The number of piperazine rings is 1. The lowest BCUT2D eigenvalue weighted by molar-refractivity contribution is 0.0927. The summed E-state index contributed by atoms with van der Waals surface area (Å²) < 4.78 is 2.03. The molecule has 1 atom stereocenters. The highest BCUT2D eigenvalue weighted by molar-refractivity contribution is 5.89. The van der Waals surface area contributed by atoms with E-state index in [-0.39, 0.29) is 12.1 Å². The van der Waals surface area contributed by atoms with Gasteiger partial charge in [0.2, 0.25) is 0 Å². The van der Waals surface area contributed by atoms with E-state index in [1.54, 1.807) is 6.20 Å². The van der Waals surface area contributed by atoms with Crippen LogP contribution in [0.2, 0.25) is 0 Å². The molecule has 0 radical (unpaired) electrons. The monoisotopic (exact) mass is 328 g/mol. The largest absolute Gasteiger partial charge is 0.337 e. The minimum atomic E-state index is -0.0736. The highest BCUT2D eigenvalue weighted by Gasteiger charge is 2.31. The summed E-state index contributed by atoms with van der Waals surface area (Å²) in [4.78, 5) is 25.5. The second kappa shape index (κ2) is 7.00. The van der Waals surface area contributed by atoms with Crippen LogP contribution < -0.4 is 5.32 Å². The second-order valence-corrected chi connectivity index (χ2v) is 6.10. The molecule has 7 nitrogen and oxygen atoms in total. The summed E-state index contributed by atoms with van der Waals surface area (Å²) in [7, 11) is 1.99. The third-order valence-electron chi connectivity index (χ3n) is 4.49. The number of carbonyl (C=O) groups is 1. The number of pyridine rings is 1. The van der Waals surface area contributed by atoms with Gasteiger partial charge in [-0.2, -0.15) is 0 Å². The van der Waals surface area contributed by atoms with Crippen LogP contribution in [-0.2, 0) is 7.05 Å². The molecule has 2 aromatic rings. The highest BCUT2D eigenvalue weighted by atomic mass is 16.2. The van der Waals surface area contributed by atoms with Gasteiger partial charge in [-0.15, -0.1) is 0 Å². The molecule has 3 rings (SSSR count). The van der Waals surface area contributed by atoms with E-state index < -0.39 is 0 Å². The second-order valence-electron chi connectivity index (χ2n) is 6.10. The summed E-state index contributed by atoms with van der Waals surface area (Å²) in [6.45, 7) is 7.19. The Hall–Kier alpha value is -2.41. The number of carbonyl (C=O) groups excluding carboxylic acids is 1. The Morgan fingerprint density at radius 1 is 1.33 bits per heavy atom. The molecule has 24 heavy (non-hydrogen) atoms. The average molecular weight is 328 g/mol. The number of anilines is 1. The standard InChI is InChI=1S/C17H24N6O/c1-4-22-9-10-23(12-15(22)16-19-7-8-21(16)3)17(24)20-14-5-6-18-13(2)11-14/h5-8,11,15H,4,9-10,12H2,1-3H3,(H,18,20,24)/t15-/m0/s1. The smallest absolute Gasteiger partial charge is 0.321 e. The molecule has 2 amide bonds. The fourth-order valence-electron chi connectivity index (χ4n) is 3.15. The van der Waals surface area contributed by atoms with E-state index in [9.17, 15) is 4.79 Å². The molecule has 1 N–H and O–H groups in total. The number of amides is 2. The lowest BCUT2D eigenvalue weighted by atomic mass is 10.1. The molecule has 1 saturated heterocycles. The van der Waals surface area contributed by atoms with Crippen molar-refractivity contribution in [3.63, 3.8) is 0 Å². The first kappa shape index (κ1) is 16.4. The van der Waals surface area contributed by atoms with Gasteiger partial charge in [-0.3, -0.25) is 9.88 Å². The minimum Gasteiger partial charge on any atom is -0.337 e. The first-order chi connectivity index (χ1) is 11.6. The summed E-state index contributed by atoms with van der Waals surface area (Å²) in [5.41, 5.74) is 1.66. The van der Waals surface area contributed by atoms with Crippen LogP contribution in [0.1, 0.15) is 24.5 Å². The van der Waals surface area contributed by atoms with Crippen LogP contribution in [0.4, 0.5) is 10.5 Å². The summed E-state index contributed by atoms with van der Waals surface area (Å²) >= 11 is 0. The van der Waals surface area contributed by atoms with Crippen molar-refractivity contribution in [2.75, 3.05) is 31.5 Å². The first-order valence-electron chi connectivity index (χ1n) is 8.28. The van der Waals surface area contributed by atoms with Gasteiger partial charge in [0.1, 0.15) is 5.82 Å². The number of hydrogen-bond donors (Lipinski definition) is 1. The molecule has 0 unspecified atom stereocenters. The van der Waals surface area contributed by atoms with Crippen LogP contribution in [-0.4, -0.2) is 56.5 Å². The summed E-state index contributed by atoms with van der Waals surface area (Å²) in [5, 5.41) is 2.97. The van der Waals surface area contributed by atoms with E-state index in [1.807, 2.05) is 48.0 Å². The Kier molecular flexibility index (Phi) is 4.80. The van der Waals surface area contributed by atoms with Crippen molar-refractivity contribution in [1.82, 2.24) is 24.3 Å². The molecule has 0 aromatic carbocycles. The van der Waals surface area contributed by atoms with Gasteiger partial charge < -0.3 is 14.8 Å². The normalized spacial score (nSPS) is 18.6. The molecule has 0 aliphatic carbocycles. The predicted molar refractivity (Wildman–Crippen MR) is 92.8 cm³/mol. The van der Waals surface area contributed by atoms with Gasteiger partial charge in [0.15, 0.2) is 0 Å². The van der Waals surface area contributed by atoms with Crippen molar-refractivity contribution in [3.8, 4) is 0 Å². The van der Waals surface area contributed by atoms with E-state index in [2.05, 4.69) is 27.1 Å². The molecule has 2 aromatic heterocycles. The number of imidazole rings is 1. The quantitative estimate of drug-likeness (QED) is 0.936. The summed E-state index contributed by atoms with van der Waals surface area (Å²) in [6.07, 6.45) is 5.46. The van der Waals surface area contributed by atoms with Gasteiger partial charge in [-0.1, -0.05) is 6.92 Å². The van der Waals surface area contributed by atoms with Gasteiger partial charge in [-0.05, 0) is 25.6 Å². The van der Waals surface area contributed by atoms with Crippen molar-refractivity contribution in [1.29, 1.82) is 0 Å². The van der Waals surface area contributed by atoms with Crippen LogP contribution in [0.3, 0.4) is 0 Å². The predicted octanol–water partition coefficient (Wildman–Crippen LogP) is 2.03. The Morgan fingerprint density at radius 2 is 2.17 bits per heavy atom. The number of aromatic nitrogens is 3. The van der Waals surface area contributed by atoms with Crippen LogP contribution in [0.5, 0.6) is 0 Å². The van der Waals surface area contributed by atoms with Gasteiger partial charge in [-0.25, -0.2) is 9.78 Å². The number of hydrogen-bond acceptors (Lipinski definition) is 4. The maximum atomic E-state index is 12.6. The molecule has 3 heterocycles. The van der Waals surface area contributed by atoms with Crippen LogP contribution in [0.25, 0.3) is 0 Å². The fourth-order valence-corrected chi connectivity index (χ4v) is 3.15. The van der Waals surface area contributed by atoms with E-state index in [1.165, 1.54) is 0 Å². The summed E-state index contributed by atoms with van der Waals surface area (Å²) in [6, 6.07) is 3.73. The molecule has 7 heteroatoms. The van der Waals surface area contributed by atoms with E-state index in [0.29, 0.717) is 13.1 Å². The van der Waals surface area contributed by atoms with Crippen molar-refractivity contribution in [2.45, 2.75) is 19.9 Å². The van der Waals surface area contributed by atoms with Gasteiger partial charge in [0.05, 0.1) is 6.04 Å². The van der Waals surface area contributed by atoms with E-state index >= 15 is 0 Å². The van der Waals surface area contributed by atoms with Crippen molar-refractivity contribution in [2.24, 2.45) is 7.05 Å². The van der Waals surface area contributed by atoms with Gasteiger partial charge in [0, 0.05) is 56.7 Å². The summed E-state index contributed by atoms with van der Waals surface area (Å²) in [5.74, 6) is 0.995. The maximum Gasteiger partial charge on any atom is 0.321 e. The zero-order valence-corrected chi connectivity index (χ0v) is 14.4. The van der Waals surface area contributed by atoms with Gasteiger partial charge >= 0.3 is 6.03 Å². The molecule has 1 fully saturated rings. The number of likely N-dealkylation sites (N-methyl/N-ethyl adjacent to an activating group) is 1. The molecule has 0 spiro atoms. The van der Waals surface area contributed by atoms with Crippen LogP contribution >= 0.6 is 0 Å². The molecule has 128 valence electrons. The maximum absolute atomic E-state index is 12.6. The fraction of sp³-hybridized carbons (Fsp3) is 0.471. The lowest BCUT2D eigenvalue weighted by Gasteiger charge is -2.40. The molecular weight excluding hydrogens is 304 g/mol.